The molecule has 10 heteroatoms. The van der Waals surface area contributed by atoms with E-state index in [2.05, 4.69) is 15.6 Å². The summed E-state index contributed by atoms with van der Waals surface area (Å²) in [5.74, 6) is -2.33. The molecule has 166 valence electrons. The highest BCUT2D eigenvalue weighted by Gasteiger charge is 2.57. The highest BCUT2D eigenvalue weighted by atomic mass is 19.1. The van der Waals surface area contributed by atoms with E-state index in [1.54, 1.807) is 6.07 Å². The lowest BCUT2D eigenvalue weighted by Crippen LogP contribution is -2.32. The number of amides is 2. The number of urea groups is 1. The molecular formula is C23H15F3N4O3. The molecule has 0 radical (unpaired) electrons. The number of rotatable bonds is 4. The van der Waals surface area contributed by atoms with E-state index in [1.165, 1.54) is 36.5 Å². The number of nitrogens with zero attached hydrogens (tertiary/aromatic N) is 2. The molecule has 2 aromatic carbocycles. The molecule has 1 aliphatic heterocycles. The molecule has 0 spiro atoms. The Morgan fingerprint density at radius 2 is 1.97 bits per heavy atom. The summed E-state index contributed by atoms with van der Waals surface area (Å²) in [4.78, 5) is 16.4. The van der Waals surface area contributed by atoms with Crippen LogP contribution in [-0.4, -0.2) is 23.7 Å². The number of aromatic nitrogens is 1. The molecule has 3 unspecified atom stereocenters. The number of anilines is 1. The lowest BCUT2D eigenvalue weighted by molar-refractivity contribution is 0.247. The van der Waals surface area contributed by atoms with Crippen LogP contribution in [0.3, 0.4) is 0 Å². The average Bonchev–Trinajstić information content (AvgIpc) is 3.51. The smallest absolute Gasteiger partial charge is 0.320 e. The van der Waals surface area contributed by atoms with Crippen LogP contribution in [-0.2, 0) is 0 Å². The van der Waals surface area contributed by atoms with E-state index in [0.29, 0.717) is 0 Å². The zero-order valence-electron chi connectivity index (χ0n) is 16.8. The van der Waals surface area contributed by atoms with Crippen molar-refractivity contribution < 1.29 is 27.4 Å². The van der Waals surface area contributed by atoms with Crippen molar-refractivity contribution in [1.82, 2.24) is 10.3 Å². The third-order valence-corrected chi connectivity index (χ3v) is 5.60. The van der Waals surface area contributed by atoms with Gasteiger partial charge in [0.1, 0.15) is 23.5 Å². The fourth-order valence-electron chi connectivity index (χ4n) is 3.98. The van der Waals surface area contributed by atoms with Crippen molar-refractivity contribution in [1.29, 1.82) is 5.26 Å². The predicted octanol–water partition coefficient (Wildman–Crippen LogP) is 4.46. The molecule has 3 aromatic rings. The standard InChI is InChI=1S/C23H15F3N4O3/c24-14-5-6-15(25)22-19(14)18-13(10-32-22)21(18)30-23(31)29-17-7-4-12(9-28-17)33-16-3-1-2-11(8-27)20(16)26/h1-7,9,13,18,21H,10H2,(H2,28,29,30,31). The van der Waals surface area contributed by atoms with Gasteiger partial charge in [-0.3, -0.25) is 5.32 Å². The van der Waals surface area contributed by atoms with E-state index in [4.69, 9.17) is 14.7 Å². The number of hydrogen-bond donors (Lipinski definition) is 2. The average molecular weight is 452 g/mol. The van der Waals surface area contributed by atoms with Crippen molar-refractivity contribution >= 4 is 11.8 Å². The van der Waals surface area contributed by atoms with Gasteiger partial charge in [0.2, 0.25) is 0 Å². The van der Waals surface area contributed by atoms with Crippen LogP contribution in [0.1, 0.15) is 17.0 Å². The number of halogens is 3. The Labute approximate surface area is 185 Å². The minimum Gasteiger partial charge on any atom is -0.490 e. The summed E-state index contributed by atoms with van der Waals surface area (Å²) in [6.45, 7) is 0.177. The first-order chi connectivity index (χ1) is 16.0. The van der Waals surface area contributed by atoms with Crippen molar-refractivity contribution in [2.45, 2.75) is 12.0 Å². The zero-order chi connectivity index (χ0) is 23.1. The van der Waals surface area contributed by atoms with Crippen molar-refractivity contribution in [3.63, 3.8) is 0 Å². The summed E-state index contributed by atoms with van der Waals surface area (Å²) >= 11 is 0. The lowest BCUT2D eigenvalue weighted by Gasteiger charge is -2.16. The minimum absolute atomic E-state index is 0.102. The third-order valence-electron chi connectivity index (χ3n) is 5.60. The Bertz CT molecular complexity index is 1290. The highest BCUT2D eigenvalue weighted by molar-refractivity contribution is 5.89. The number of carbonyl (C=O) groups excluding carboxylic acids is 1. The second-order valence-corrected chi connectivity index (χ2v) is 7.61. The van der Waals surface area contributed by atoms with E-state index in [9.17, 15) is 18.0 Å². The van der Waals surface area contributed by atoms with Crippen LogP contribution in [0.15, 0.2) is 48.7 Å². The number of carbonyl (C=O) groups is 1. The maximum absolute atomic E-state index is 14.2. The van der Waals surface area contributed by atoms with E-state index >= 15 is 0 Å². The van der Waals surface area contributed by atoms with Crippen LogP contribution >= 0.6 is 0 Å². The van der Waals surface area contributed by atoms with Crippen molar-refractivity contribution in [3.8, 4) is 23.3 Å². The molecule has 7 nitrogen and oxygen atoms in total. The minimum atomic E-state index is -0.783. The van der Waals surface area contributed by atoms with Gasteiger partial charge in [0.15, 0.2) is 23.1 Å². The molecule has 3 atom stereocenters. The summed E-state index contributed by atoms with van der Waals surface area (Å²) in [5.41, 5.74) is -0.00409. The van der Waals surface area contributed by atoms with Crippen LogP contribution in [0.25, 0.3) is 0 Å². The van der Waals surface area contributed by atoms with Crippen LogP contribution in [0, 0.1) is 34.7 Å². The Balaban J connectivity index is 1.21. The fourth-order valence-corrected chi connectivity index (χ4v) is 3.98. The molecule has 2 heterocycles. The van der Waals surface area contributed by atoms with Crippen LogP contribution < -0.4 is 20.1 Å². The van der Waals surface area contributed by atoms with Gasteiger partial charge in [-0.25, -0.2) is 22.9 Å². The summed E-state index contributed by atoms with van der Waals surface area (Å²) in [6.07, 6.45) is 1.28. The van der Waals surface area contributed by atoms with Crippen molar-refractivity contribution in [2.75, 3.05) is 11.9 Å². The van der Waals surface area contributed by atoms with Crippen LogP contribution in [0.5, 0.6) is 17.2 Å². The number of nitriles is 1. The van der Waals surface area contributed by atoms with E-state index in [1.807, 2.05) is 0 Å². The summed E-state index contributed by atoms with van der Waals surface area (Å²) in [6, 6.07) is 9.94. The largest absolute Gasteiger partial charge is 0.490 e. The topological polar surface area (TPSA) is 96.3 Å². The summed E-state index contributed by atoms with van der Waals surface area (Å²) in [7, 11) is 0. The summed E-state index contributed by atoms with van der Waals surface area (Å²) in [5, 5.41) is 14.2. The second kappa shape index (κ2) is 8.02. The molecule has 1 aromatic heterocycles. The van der Waals surface area contributed by atoms with Gasteiger partial charge in [-0.15, -0.1) is 0 Å². The van der Waals surface area contributed by atoms with Crippen LogP contribution in [0.2, 0.25) is 0 Å². The third kappa shape index (κ3) is 3.78. The molecule has 0 saturated heterocycles. The number of hydrogen-bond acceptors (Lipinski definition) is 5. The molecule has 0 bridgehead atoms. The Hall–Kier alpha value is -4.26. The fraction of sp³-hybridized carbons (Fsp3) is 0.174. The second-order valence-electron chi connectivity index (χ2n) is 7.61. The number of pyridine rings is 1. The van der Waals surface area contributed by atoms with Gasteiger partial charge in [0, 0.05) is 23.4 Å². The lowest BCUT2D eigenvalue weighted by atomic mass is 10.0. The van der Waals surface area contributed by atoms with Gasteiger partial charge < -0.3 is 14.8 Å². The van der Waals surface area contributed by atoms with Crippen LogP contribution in [0.4, 0.5) is 23.8 Å². The van der Waals surface area contributed by atoms with Gasteiger partial charge in [0.05, 0.1) is 18.4 Å². The highest BCUT2D eigenvalue weighted by Crippen LogP contribution is 2.55. The molecule has 1 fully saturated rings. The van der Waals surface area contributed by atoms with Crippen molar-refractivity contribution in [3.05, 3.63) is 77.2 Å². The number of benzene rings is 2. The maximum atomic E-state index is 14.2. The molecule has 1 aliphatic carbocycles. The quantitative estimate of drug-likeness (QED) is 0.610. The first kappa shape index (κ1) is 20.6. The van der Waals surface area contributed by atoms with E-state index in [-0.39, 0.29) is 52.6 Å². The molecule has 2 aliphatic rings. The van der Waals surface area contributed by atoms with E-state index < -0.39 is 29.5 Å². The molecule has 2 amide bonds. The number of fused-ring (bicyclic) bond motifs is 3. The normalized spacial score (nSPS) is 19.9. The predicted molar refractivity (Wildman–Crippen MR) is 109 cm³/mol. The number of ether oxygens (including phenoxy) is 2. The Morgan fingerprint density at radius 1 is 1.15 bits per heavy atom. The van der Waals surface area contributed by atoms with Gasteiger partial charge in [-0.1, -0.05) is 6.07 Å². The molecule has 33 heavy (non-hydrogen) atoms. The summed E-state index contributed by atoms with van der Waals surface area (Å²) < 4.78 is 53.0. The molecule has 5 rings (SSSR count). The molecule has 1 saturated carbocycles. The van der Waals surface area contributed by atoms with E-state index in [0.717, 1.165) is 12.1 Å². The Morgan fingerprint density at radius 3 is 2.73 bits per heavy atom. The number of nitrogens with one attached hydrogen (secondary N) is 2. The Kier molecular flexibility index (Phi) is 5.01. The van der Waals surface area contributed by atoms with Gasteiger partial charge >= 0.3 is 6.03 Å². The monoisotopic (exact) mass is 452 g/mol. The SMILES string of the molecule is N#Cc1cccc(Oc2ccc(NC(=O)NC3C4COc5c(F)ccc(F)c5C43)nc2)c1F. The van der Waals surface area contributed by atoms with Crippen molar-refractivity contribution in [2.24, 2.45) is 5.92 Å². The first-order valence-electron chi connectivity index (χ1n) is 9.97. The first-order valence-corrected chi connectivity index (χ1v) is 9.97. The molecular weight excluding hydrogens is 437 g/mol. The van der Waals surface area contributed by atoms with Gasteiger partial charge in [-0.2, -0.15) is 5.26 Å². The van der Waals surface area contributed by atoms with Gasteiger partial charge in [0.25, 0.3) is 0 Å². The molecule has 2 N–H and O–H groups in total. The zero-order valence-corrected chi connectivity index (χ0v) is 16.8. The maximum Gasteiger partial charge on any atom is 0.320 e. The van der Waals surface area contributed by atoms with Gasteiger partial charge in [-0.05, 0) is 36.4 Å².